The molecule has 0 bridgehead atoms. The van der Waals surface area contributed by atoms with Gasteiger partial charge in [0, 0.05) is 18.6 Å². The molecular weight excluding hydrogens is 200 g/mol. The summed E-state index contributed by atoms with van der Waals surface area (Å²) in [6.45, 7) is 0. The minimum Gasteiger partial charge on any atom is -0.404 e. The van der Waals surface area contributed by atoms with E-state index in [0.717, 1.165) is 0 Å². The first-order valence-electron chi connectivity index (χ1n) is 3.92. The summed E-state index contributed by atoms with van der Waals surface area (Å²) >= 11 is 1.25. The molecule has 2 aromatic heterocycles. The number of imidazole rings is 1. The summed E-state index contributed by atoms with van der Waals surface area (Å²) in [4.78, 5) is 12.2. The van der Waals surface area contributed by atoms with Gasteiger partial charge in [-0.1, -0.05) is 0 Å². The molecule has 0 radical (unpaired) electrons. The summed E-state index contributed by atoms with van der Waals surface area (Å²) in [5.74, 6) is 1.13. The van der Waals surface area contributed by atoms with E-state index in [2.05, 4.69) is 15.0 Å². The van der Waals surface area contributed by atoms with Gasteiger partial charge in [0.2, 0.25) is 11.8 Å². The monoisotopic (exact) mass is 208 g/mol. The molecule has 6 heteroatoms. The van der Waals surface area contributed by atoms with Gasteiger partial charge in [-0.15, -0.1) is 0 Å². The highest BCUT2D eigenvalue weighted by Crippen LogP contribution is 2.12. The SMILES string of the molecule is CSOc1cn(-c2ncccn2)cn1. The molecule has 2 rings (SSSR count). The standard InChI is InChI=1S/C8H8N4OS/c1-14-13-7-5-12(6-11-7)8-9-3-2-4-10-8/h2-6H,1H3. The van der Waals surface area contributed by atoms with E-state index in [9.17, 15) is 0 Å². The molecule has 2 aromatic rings. The fourth-order valence-corrected chi connectivity index (χ4v) is 1.22. The molecule has 0 spiro atoms. The zero-order chi connectivity index (χ0) is 9.80. The molecule has 0 aliphatic rings. The summed E-state index contributed by atoms with van der Waals surface area (Å²) in [7, 11) is 0. The second kappa shape index (κ2) is 4.10. The molecule has 0 aromatic carbocycles. The molecule has 5 nitrogen and oxygen atoms in total. The van der Waals surface area contributed by atoms with Gasteiger partial charge in [0.25, 0.3) is 0 Å². The first-order chi connectivity index (χ1) is 6.90. The van der Waals surface area contributed by atoms with Gasteiger partial charge in [-0.2, -0.15) is 0 Å². The van der Waals surface area contributed by atoms with Crippen LogP contribution >= 0.6 is 12.0 Å². The topological polar surface area (TPSA) is 52.8 Å². The molecule has 0 aliphatic carbocycles. The highest BCUT2D eigenvalue weighted by molar-refractivity contribution is 7.94. The zero-order valence-corrected chi connectivity index (χ0v) is 8.31. The Bertz CT molecular complexity index is 403. The van der Waals surface area contributed by atoms with Gasteiger partial charge in [-0.3, -0.25) is 4.57 Å². The lowest BCUT2D eigenvalue weighted by Crippen LogP contribution is -1.96. The second-order valence-electron chi connectivity index (χ2n) is 2.42. The minimum absolute atomic E-state index is 0.546. The fourth-order valence-electron chi connectivity index (χ4n) is 0.967. The lowest BCUT2D eigenvalue weighted by Gasteiger charge is -1.96. The molecule has 0 unspecified atom stereocenters. The summed E-state index contributed by atoms with van der Waals surface area (Å²) in [5, 5.41) is 0. The zero-order valence-electron chi connectivity index (χ0n) is 7.49. The van der Waals surface area contributed by atoms with Gasteiger partial charge >= 0.3 is 0 Å². The van der Waals surface area contributed by atoms with Crippen LogP contribution in [0.3, 0.4) is 0 Å². The van der Waals surface area contributed by atoms with E-state index in [0.29, 0.717) is 11.8 Å². The van der Waals surface area contributed by atoms with E-state index in [1.807, 2.05) is 6.26 Å². The molecule has 0 amide bonds. The smallest absolute Gasteiger partial charge is 0.246 e. The lowest BCUT2D eigenvalue weighted by atomic mass is 10.7. The van der Waals surface area contributed by atoms with Crippen LogP contribution in [0.4, 0.5) is 0 Å². The van der Waals surface area contributed by atoms with Gasteiger partial charge in [-0.25, -0.2) is 15.0 Å². The van der Waals surface area contributed by atoms with Crippen LogP contribution in [0, 0.1) is 0 Å². The predicted octanol–water partition coefficient (Wildman–Crippen LogP) is 1.32. The Balaban J connectivity index is 2.25. The third kappa shape index (κ3) is 1.85. The van der Waals surface area contributed by atoms with Crippen molar-refractivity contribution in [1.29, 1.82) is 0 Å². The van der Waals surface area contributed by atoms with E-state index in [1.54, 1.807) is 35.6 Å². The van der Waals surface area contributed by atoms with Crippen LogP contribution in [0.2, 0.25) is 0 Å². The Morgan fingerprint density at radius 2 is 2.07 bits per heavy atom. The Morgan fingerprint density at radius 3 is 2.79 bits per heavy atom. The van der Waals surface area contributed by atoms with E-state index >= 15 is 0 Å². The fraction of sp³-hybridized carbons (Fsp3) is 0.125. The van der Waals surface area contributed by atoms with Crippen LogP contribution in [0.1, 0.15) is 0 Å². The van der Waals surface area contributed by atoms with Gasteiger partial charge < -0.3 is 4.18 Å². The van der Waals surface area contributed by atoms with Gasteiger partial charge in [0.05, 0.1) is 18.2 Å². The van der Waals surface area contributed by atoms with Crippen LogP contribution in [-0.2, 0) is 0 Å². The third-order valence-corrected chi connectivity index (χ3v) is 1.85. The Morgan fingerprint density at radius 1 is 1.29 bits per heavy atom. The maximum atomic E-state index is 5.14. The maximum Gasteiger partial charge on any atom is 0.246 e. The summed E-state index contributed by atoms with van der Waals surface area (Å²) in [6, 6.07) is 1.76. The van der Waals surface area contributed by atoms with Crippen molar-refractivity contribution < 1.29 is 4.18 Å². The number of hydrogen-bond donors (Lipinski definition) is 0. The molecule has 0 aliphatic heterocycles. The molecule has 72 valence electrons. The first kappa shape index (κ1) is 9.01. The van der Waals surface area contributed by atoms with Crippen molar-refractivity contribution in [3.05, 3.63) is 31.0 Å². The van der Waals surface area contributed by atoms with E-state index in [1.165, 1.54) is 12.0 Å². The van der Waals surface area contributed by atoms with Crippen molar-refractivity contribution in [3.63, 3.8) is 0 Å². The summed E-state index contributed by atoms with van der Waals surface area (Å²) in [6.07, 6.45) is 8.53. The first-order valence-corrected chi connectivity index (χ1v) is 5.07. The number of hydrogen-bond acceptors (Lipinski definition) is 5. The van der Waals surface area contributed by atoms with Crippen molar-refractivity contribution in [2.45, 2.75) is 0 Å². The van der Waals surface area contributed by atoms with Gasteiger partial charge in [0.1, 0.15) is 6.33 Å². The Hall–Kier alpha value is -1.56. The van der Waals surface area contributed by atoms with Crippen molar-refractivity contribution in [2.75, 3.05) is 6.26 Å². The molecular formula is C8H8N4OS. The molecule has 2 heterocycles. The van der Waals surface area contributed by atoms with Crippen LogP contribution in [-0.4, -0.2) is 25.8 Å². The summed E-state index contributed by atoms with van der Waals surface area (Å²) in [5.41, 5.74) is 0. The van der Waals surface area contributed by atoms with Crippen LogP contribution in [0.25, 0.3) is 5.95 Å². The van der Waals surface area contributed by atoms with Gasteiger partial charge in [-0.05, 0) is 6.07 Å². The minimum atomic E-state index is 0.546. The normalized spacial score (nSPS) is 10.1. The maximum absolute atomic E-state index is 5.14. The van der Waals surface area contributed by atoms with Crippen molar-refractivity contribution >= 4 is 12.0 Å². The predicted molar refractivity (Wildman–Crippen MR) is 53.3 cm³/mol. The molecule has 0 N–H and O–H groups in total. The van der Waals surface area contributed by atoms with Crippen molar-refractivity contribution in [2.24, 2.45) is 0 Å². The van der Waals surface area contributed by atoms with Crippen LogP contribution in [0.5, 0.6) is 5.88 Å². The Labute approximate surface area is 85.4 Å². The average molecular weight is 208 g/mol. The van der Waals surface area contributed by atoms with Crippen molar-refractivity contribution in [3.8, 4) is 11.8 Å². The van der Waals surface area contributed by atoms with E-state index in [-0.39, 0.29) is 0 Å². The van der Waals surface area contributed by atoms with Crippen molar-refractivity contribution in [1.82, 2.24) is 19.5 Å². The van der Waals surface area contributed by atoms with E-state index in [4.69, 9.17) is 4.18 Å². The molecule has 0 fully saturated rings. The summed E-state index contributed by atoms with van der Waals surface area (Å²) < 4.78 is 6.84. The van der Waals surface area contributed by atoms with Crippen LogP contribution in [0.15, 0.2) is 31.0 Å². The highest BCUT2D eigenvalue weighted by atomic mass is 32.2. The molecule has 0 saturated carbocycles. The van der Waals surface area contributed by atoms with Crippen LogP contribution < -0.4 is 4.18 Å². The van der Waals surface area contributed by atoms with E-state index < -0.39 is 0 Å². The molecule has 0 atom stereocenters. The van der Waals surface area contributed by atoms with Gasteiger partial charge in [0.15, 0.2) is 0 Å². The number of aromatic nitrogens is 4. The number of nitrogens with zero attached hydrogens (tertiary/aromatic N) is 4. The quantitative estimate of drug-likeness (QED) is 0.712. The molecule has 14 heavy (non-hydrogen) atoms. The average Bonchev–Trinajstić information content (AvgIpc) is 2.68. The number of rotatable bonds is 3. The highest BCUT2D eigenvalue weighted by Gasteiger charge is 2.02. The second-order valence-corrected chi connectivity index (χ2v) is 2.92. The third-order valence-electron chi connectivity index (χ3n) is 1.51. The largest absolute Gasteiger partial charge is 0.404 e. The molecule has 0 saturated heterocycles. The lowest BCUT2D eigenvalue weighted by molar-refractivity contribution is 0.624. The Kier molecular flexibility index (Phi) is 2.64.